The molecule has 0 saturated heterocycles. The number of fused-ring (bicyclic) bond motifs is 1. The zero-order valence-corrected chi connectivity index (χ0v) is 12.7. The summed E-state index contributed by atoms with van der Waals surface area (Å²) in [5.74, 6) is 1.44. The molecule has 104 valence electrons. The fourth-order valence-electron chi connectivity index (χ4n) is 2.10. The number of benzene rings is 1. The van der Waals surface area contributed by atoms with Gasteiger partial charge in [0.1, 0.15) is 12.4 Å². The fourth-order valence-corrected chi connectivity index (χ4v) is 2.48. The highest BCUT2D eigenvalue weighted by Gasteiger charge is 2.11. The average molecular weight is 326 g/mol. The molecular weight excluding hydrogens is 306 g/mol. The summed E-state index contributed by atoms with van der Waals surface area (Å²) in [7, 11) is 0. The molecule has 0 bridgehead atoms. The number of aliphatic hydroxyl groups is 1. The van der Waals surface area contributed by atoms with Crippen LogP contribution in [0.15, 0.2) is 28.2 Å². The van der Waals surface area contributed by atoms with Crippen molar-refractivity contribution in [2.24, 2.45) is 5.92 Å². The van der Waals surface area contributed by atoms with Crippen molar-refractivity contribution in [1.29, 1.82) is 0 Å². The normalized spacial score (nSPS) is 15.4. The van der Waals surface area contributed by atoms with Gasteiger partial charge in [-0.25, -0.2) is 0 Å². The van der Waals surface area contributed by atoms with Crippen molar-refractivity contribution >= 4 is 22.0 Å². The van der Waals surface area contributed by atoms with Crippen LogP contribution >= 0.6 is 15.9 Å². The standard InChI is InChI=1S/C15H20BrNO2/c1-11(4-5-18)8-17-9-12-6-13-7-14(16)2-3-15(13)19-10-12/h2-3,6-7,11,17-18H,4-5,8-10H2,1H3. The second-order valence-corrected chi connectivity index (χ2v) is 5.94. The van der Waals surface area contributed by atoms with Crippen LogP contribution in [0.2, 0.25) is 0 Å². The summed E-state index contributed by atoms with van der Waals surface area (Å²) >= 11 is 3.48. The first-order valence-electron chi connectivity index (χ1n) is 6.62. The van der Waals surface area contributed by atoms with E-state index in [-0.39, 0.29) is 6.61 Å². The number of ether oxygens (including phenoxy) is 1. The molecule has 1 aliphatic heterocycles. The van der Waals surface area contributed by atoms with Crippen LogP contribution in [-0.2, 0) is 0 Å². The lowest BCUT2D eigenvalue weighted by atomic mass is 10.1. The van der Waals surface area contributed by atoms with E-state index in [1.54, 1.807) is 0 Å². The zero-order chi connectivity index (χ0) is 13.7. The predicted molar refractivity (Wildman–Crippen MR) is 81.4 cm³/mol. The molecule has 0 spiro atoms. The smallest absolute Gasteiger partial charge is 0.127 e. The Hall–Kier alpha value is -0.840. The number of halogens is 1. The van der Waals surface area contributed by atoms with Crippen LogP contribution in [0.5, 0.6) is 5.75 Å². The van der Waals surface area contributed by atoms with Gasteiger partial charge in [0, 0.05) is 23.2 Å². The van der Waals surface area contributed by atoms with E-state index in [9.17, 15) is 0 Å². The van der Waals surface area contributed by atoms with Crippen LogP contribution < -0.4 is 10.1 Å². The highest BCUT2D eigenvalue weighted by atomic mass is 79.9. The van der Waals surface area contributed by atoms with Crippen molar-refractivity contribution in [3.63, 3.8) is 0 Å². The number of rotatable bonds is 6. The van der Waals surface area contributed by atoms with E-state index < -0.39 is 0 Å². The largest absolute Gasteiger partial charge is 0.489 e. The Labute approximate surface area is 122 Å². The van der Waals surface area contributed by atoms with Gasteiger partial charge in [-0.2, -0.15) is 0 Å². The molecule has 0 fully saturated rings. The van der Waals surface area contributed by atoms with Gasteiger partial charge in [-0.3, -0.25) is 0 Å². The quantitative estimate of drug-likeness (QED) is 0.845. The van der Waals surface area contributed by atoms with Gasteiger partial charge < -0.3 is 15.2 Å². The molecule has 0 aromatic heterocycles. The van der Waals surface area contributed by atoms with Gasteiger partial charge in [0.15, 0.2) is 0 Å². The third-order valence-electron chi connectivity index (χ3n) is 3.21. The molecule has 3 nitrogen and oxygen atoms in total. The van der Waals surface area contributed by atoms with Crippen molar-refractivity contribution in [1.82, 2.24) is 5.32 Å². The molecule has 2 N–H and O–H groups in total. The minimum Gasteiger partial charge on any atom is -0.489 e. The molecule has 1 aliphatic rings. The highest BCUT2D eigenvalue weighted by Crippen LogP contribution is 2.28. The maximum absolute atomic E-state index is 8.86. The molecule has 19 heavy (non-hydrogen) atoms. The number of hydrogen-bond donors (Lipinski definition) is 2. The first kappa shape index (κ1) is 14.6. The van der Waals surface area contributed by atoms with Crippen LogP contribution in [0.25, 0.3) is 6.08 Å². The summed E-state index contributed by atoms with van der Waals surface area (Å²) in [5.41, 5.74) is 2.38. The Morgan fingerprint density at radius 1 is 1.47 bits per heavy atom. The van der Waals surface area contributed by atoms with E-state index in [0.29, 0.717) is 12.5 Å². The van der Waals surface area contributed by atoms with Crippen LogP contribution in [0, 0.1) is 5.92 Å². The van der Waals surface area contributed by atoms with Crippen molar-refractivity contribution in [2.75, 3.05) is 26.3 Å². The van der Waals surface area contributed by atoms with Gasteiger partial charge in [0.25, 0.3) is 0 Å². The predicted octanol–water partition coefficient (Wildman–Crippen LogP) is 2.83. The summed E-state index contributed by atoms with van der Waals surface area (Å²) in [6, 6.07) is 6.05. The van der Waals surface area contributed by atoms with E-state index in [1.807, 2.05) is 12.1 Å². The first-order valence-corrected chi connectivity index (χ1v) is 7.41. The van der Waals surface area contributed by atoms with Crippen LogP contribution in [0.1, 0.15) is 18.9 Å². The van der Waals surface area contributed by atoms with Crippen LogP contribution in [0.3, 0.4) is 0 Å². The van der Waals surface area contributed by atoms with E-state index in [2.05, 4.69) is 40.3 Å². The SMILES string of the molecule is CC(CCO)CNCC1=Cc2cc(Br)ccc2OC1. The lowest BCUT2D eigenvalue weighted by Gasteiger charge is -2.19. The number of aliphatic hydroxyl groups excluding tert-OH is 1. The van der Waals surface area contributed by atoms with E-state index in [0.717, 1.165) is 35.3 Å². The molecule has 1 aromatic rings. The first-order chi connectivity index (χ1) is 9.19. The van der Waals surface area contributed by atoms with E-state index in [4.69, 9.17) is 9.84 Å². The molecule has 0 amide bonds. The molecule has 1 heterocycles. The minimum atomic E-state index is 0.260. The maximum atomic E-state index is 8.86. The molecule has 1 unspecified atom stereocenters. The Balaban J connectivity index is 1.89. The molecule has 0 saturated carbocycles. The summed E-state index contributed by atoms with van der Waals surface area (Å²) in [5, 5.41) is 12.3. The number of nitrogens with one attached hydrogen (secondary N) is 1. The lowest BCUT2D eigenvalue weighted by Crippen LogP contribution is -2.26. The van der Waals surface area contributed by atoms with Gasteiger partial charge in [0.2, 0.25) is 0 Å². The highest BCUT2D eigenvalue weighted by molar-refractivity contribution is 9.10. The molecular formula is C15H20BrNO2. The summed E-state index contributed by atoms with van der Waals surface area (Å²) < 4.78 is 6.79. The minimum absolute atomic E-state index is 0.260. The van der Waals surface area contributed by atoms with E-state index >= 15 is 0 Å². The maximum Gasteiger partial charge on any atom is 0.127 e. The topological polar surface area (TPSA) is 41.5 Å². The molecule has 1 atom stereocenters. The van der Waals surface area contributed by atoms with E-state index in [1.165, 1.54) is 5.57 Å². The Bertz CT molecular complexity index is 459. The Morgan fingerprint density at radius 2 is 2.32 bits per heavy atom. The molecule has 1 aromatic carbocycles. The molecule has 0 radical (unpaired) electrons. The van der Waals surface area contributed by atoms with Crippen LogP contribution in [-0.4, -0.2) is 31.4 Å². The Morgan fingerprint density at radius 3 is 3.11 bits per heavy atom. The molecule has 0 aliphatic carbocycles. The van der Waals surface area contributed by atoms with Gasteiger partial charge >= 0.3 is 0 Å². The second-order valence-electron chi connectivity index (χ2n) is 5.02. The third-order valence-corrected chi connectivity index (χ3v) is 3.70. The molecule has 4 heteroatoms. The summed E-state index contributed by atoms with van der Waals surface area (Å²) in [4.78, 5) is 0. The van der Waals surface area contributed by atoms with Gasteiger partial charge in [-0.1, -0.05) is 22.9 Å². The monoisotopic (exact) mass is 325 g/mol. The van der Waals surface area contributed by atoms with Gasteiger partial charge in [-0.05, 0) is 48.7 Å². The summed E-state index contributed by atoms with van der Waals surface area (Å²) in [6.07, 6.45) is 3.03. The lowest BCUT2D eigenvalue weighted by molar-refractivity contribution is 0.260. The van der Waals surface area contributed by atoms with Crippen molar-refractivity contribution in [3.8, 4) is 5.75 Å². The second kappa shape index (κ2) is 7.08. The van der Waals surface area contributed by atoms with Crippen molar-refractivity contribution in [3.05, 3.63) is 33.8 Å². The fraction of sp³-hybridized carbons (Fsp3) is 0.467. The third kappa shape index (κ3) is 4.34. The molecule has 2 rings (SSSR count). The van der Waals surface area contributed by atoms with Gasteiger partial charge in [0.05, 0.1) is 0 Å². The van der Waals surface area contributed by atoms with Crippen LogP contribution in [0.4, 0.5) is 0 Å². The van der Waals surface area contributed by atoms with Crippen molar-refractivity contribution < 1.29 is 9.84 Å². The number of hydrogen-bond acceptors (Lipinski definition) is 3. The Kier molecular flexibility index (Phi) is 5.43. The van der Waals surface area contributed by atoms with Crippen molar-refractivity contribution in [2.45, 2.75) is 13.3 Å². The zero-order valence-electron chi connectivity index (χ0n) is 11.2. The van der Waals surface area contributed by atoms with Gasteiger partial charge in [-0.15, -0.1) is 0 Å². The summed E-state index contributed by atoms with van der Waals surface area (Å²) in [6.45, 7) is 4.80. The average Bonchev–Trinajstić information content (AvgIpc) is 2.38.